The zero-order chi connectivity index (χ0) is 23.7. The second-order valence-corrected chi connectivity index (χ2v) is 13.3. The minimum Gasteiger partial charge on any atom is -0.497 e. The van der Waals surface area contributed by atoms with Crippen molar-refractivity contribution in [2.45, 2.75) is 48.3 Å². The second kappa shape index (κ2) is 9.35. The molecule has 9 heteroatoms. The highest BCUT2D eigenvalue weighted by molar-refractivity contribution is 7.91. The molecule has 2 aromatic rings. The Hall–Kier alpha value is -1.97. The van der Waals surface area contributed by atoms with Crippen LogP contribution in [0.2, 0.25) is 0 Å². The van der Waals surface area contributed by atoms with Crippen LogP contribution in [-0.4, -0.2) is 47.1 Å². The van der Waals surface area contributed by atoms with Crippen LogP contribution in [0, 0.1) is 17.2 Å². The Bertz CT molecular complexity index is 1170. The number of methoxy groups -OCH3 is 1. The number of rotatable bonds is 7. The van der Waals surface area contributed by atoms with Gasteiger partial charge in [-0.1, -0.05) is 0 Å². The minimum absolute atomic E-state index is 0.0529. The van der Waals surface area contributed by atoms with E-state index in [1.165, 1.54) is 24.3 Å². The summed E-state index contributed by atoms with van der Waals surface area (Å²) in [7, 11) is -5.43. The SMILES string of the molecule is COc1ccc(S(=O)(=O)N2CCC3(CCC(CCS(=O)(=O)c4ccc(F)cc4)C3)CC2)cc1. The lowest BCUT2D eigenvalue weighted by atomic mass is 9.77. The van der Waals surface area contributed by atoms with Crippen LogP contribution in [0.1, 0.15) is 38.5 Å². The molecule has 2 fully saturated rings. The normalized spacial score (nSPS) is 21.3. The molecule has 1 spiro atoms. The summed E-state index contributed by atoms with van der Waals surface area (Å²) in [4.78, 5) is 0.434. The van der Waals surface area contributed by atoms with E-state index >= 15 is 0 Å². The molecule has 180 valence electrons. The molecule has 0 aromatic heterocycles. The van der Waals surface area contributed by atoms with Crippen LogP contribution in [0.5, 0.6) is 5.75 Å². The lowest BCUT2D eigenvalue weighted by molar-refractivity contribution is 0.154. The van der Waals surface area contributed by atoms with Crippen molar-refractivity contribution in [3.05, 3.63) is 54.3 Å². The Balaban J connectivity index is 1.32. The fraction of sp³-hybridized carbons (Fsp3) is 0.500. The Kier molecular flexibility index (Phi) is 6.85. The predicted molar refractivity (Wildman–Crippen MR) is 124 cm³/mol. The van der Waals surface area contributed by atoms with Gasteiger partial charge in [-0.3, -0.25) is 0 Å². The highest BCUT2D eigenvalue weighted by Gasteiger charge is 2.43. The van der Waals surface area contributed by atoms with Crippen molar-refractivity contribution < 1.29 is 26.0 Å². The summed E-state index contributed by atoms with van der Waals surface area (Å²) in [6, 6.07) is 11.4. The van der Waals surface area contributed by atoms with Gasteiger partial charge in [-0.2, -0.15) is 4.31 Å². The summed E-state index contributed by atoms with van der Waals surface area (Å²) in [6.45, 7) is 0.962. The molecule has 1 unspecified atom stereocenters. The van der Waals surface area contributed by atoms with Gasteiger partial charge < -0.3 is 4.74 Å². The quantitative estimate of drug-likeness (QED) is 0.536. The number of hydrogen-bond acceptors (Lipinski definition) is 5. The van der Waals surface area contributed by atoms with Gasteiger partial charge in [0, 0.05) is 13.1 Å². The summed E-state index contributed by atoms with van der Waals surface area (Å²) in [5, 5.41) is 0. The Morgan fingerprint density at radius 1 is 0.939 bits per heavy atom. The zero-order valence-electron chi connectivity index (χ0n) is 18.7. The molecule has 0 N–H and O–H groups in total. The molecule has 1 heterocycles. The summed E-state index contributed by atoms with van der Waals surface area (Å²) < 4.78 is 71.0. The van der Waals surface area contributed by atoms with E-state index in [1.54, 1.807) is 35.7 Å². The van der Waals surface area contributed by atoms with Gasteiger partial charge in [0.05, 0.1) is 22.7 Å². The first kappa shape index (κ1) is 24.2. The predicted octanol–water partition coefficient (Wildman–Crippen LogP) is 4.27. The van der Waals surface area contributed by atoms with E-state index in [2.05, 4.69) is 0 Å². The van der Waals surface area contributed by atoms with Crippen molar-refractivity contribution in [1.82, 2.24) is 4.31 Å². The Morgan fingerprint density at radius 2 is 1.55 bits per heavy atom. The molecule has 0 radical (unpaired) electrons. The maximum atomic E-state index is 13.1. The first-order valence-corrected chi connectivity index (χ1v) is 14.4. The smallest absolute Gasteiger partial charge is 0.243 e. The number of hydrogen-bond donors (Lipinski definition) is 0. The van der Waals surface area contributed by atoms with Crippen molar-refractivity contribution >= 4 is 19.9 Å². The van der Waals surface area contributed by atoms with Crippen molar-refractivity contribution in [1.29, 1.82) is 0 Å². The van der Waals surface area contributed by atoms with Crippen molar-refractivity contribution in [3.8, 4) is 5.75 Å². The number of benzene rings is 2. The van der Waals surface area contributed by atoms with Crippen LogP contribution in [0.3, 0.4) is 0 Å². The van der Waals surface area contributed by atoms with Gasteiger partial charge in [0.2, 0.25) is 10.0 Å². The van der Waals surface area contributed by atoms with E-state index in [0.717, 1.165) is 32.1 Å². The average Bonchev–Trinajstić information content (AvgIpc) is 3.21. The third kappa shape index (κ3) is 5.25. The van der Waals surface area contributed by atoms with Crippen LogP contribution in [-0.2, 0) is 19.9 Å². The lowest BCUT2D eigenvalue weighted by Crippen LogP contribution is -2.42. The van der Waals surface area contributed by atoms with Gasteiger partial charge in [0.15, 0.2) is 9.84 Å². The molecule has 1 atom stereocenters. The van der Waals surface area contributed by atoms with E-state index in [0.29, 0.717) is 31.2 Å². The third-order valence-electron chi connectivity index (χ3n) is 7.25. The number of sulfone groups is 1. The number of halogens is 1. The molecule has 1 saturated carbocycles. The van der Waals surface area contributed by atoms with E-state index in [1.807, 2.05) is 0 Å². The molecular formula is C24H30FNO5S2. The average molecular weight is 496 g/mol. The third-order valence-corrected chi connectivity index (χ3v) is 10.9. The van der Waals surface area contributed by atoms with E-state index in [4.69, 9.17) is 4.74 Å². The first-order valence-electron chi connectivity index (χ1n) is 11.3. The molecule has 4 rings (SSSR count). The first-order chi connectivity index (χ1) is 15.6. The number of sulfonamides is 1. The highest BCUT2D eigenvalue weighted by Crippen LogP contribution is 2.50. The van der Waals surface area contributed by atoms with Crippen LogP contribution in [0.4, 0.5) is 4.39 Å². The summed E-state index contributed by atoms with van der Waals surface area (Å²) >= 11 is 0. The maximum Gasteiger partial charge on any atom is 0.243 e. The number of ether oxygens (including phenoxy) is 1. The molecule has 1 aliphatic carbocycles. The molecule has 2 aliphatic rings. The van der Waals surface area contributed by atoms with Crippen molar-refractivity contribution in [2.75, 3.05) is 26.0 Å². The van der Waals surface area contributed by atoms with Crippen molar-refractivity contribution in [3.63, 3.8) is 0 Å². The van der Waals surface area contributed by atoms with Crippen molar-refractivity contribution in [2.24, 2.45) is 11.3 Å². The van der Waals surface area contributed by atoms with Crippen LogP contribution in [0.25, 0.3) is 0 Å². The largest absolute Gasteiger partial charge is 0.497 e. The second-order valence-electron chi connectivity index (χ2n) is 9.25. The number of piperidine rings is 1. The summed E-state index contributed by atoms with van der Waals surface area (Å²) in [6.07, 6.45) is 5.07. The van der Waals surface area contributed by atoms with Gasteiger partial charge in [-0.15, -0.1) is 0 Å². The van der Waals surface area contributed by atoms with E-state index < -0.39 is 25.7 Å². The summed E-state index contributed by atoms with van der Waals surface area (Å²) in [5.41, 5.74) is 0.0935. The van der Waals surface area contributed by atoms with Gasteiger partial charge in [0.25, 0.3) is 0 Å². The molecular weight excluding hydrogens is 465 g/mol. The van der Waals surface area contributed by atoms with E-state index in [-0.39, 0.29) is 21.0 Å². The molecule has 1 aliphatic heterocycles. The Morgan fingerprint density at radius 3 is 2.15 bits per heavy atom. The monoisotopic (exact) mass is 495 g/mol. The molecule has 6 nitrogen and oxygen atoms in total. The molecule has 33 heavy (non-hydrogen) atoms. The zero-order valence-corrected chi connectivity index (χ0v) is 20.4. The van der Waals surface area contributed by atoms with Crippen LogP contribution in [0.15, 0.2) is 58.3 Å². The standard InChI is InChI=1S/C24H30FNO5S2/c1-31-21-4-8-23(9-5-21)33(29,30)26-15-13-24(14-16-26)12-10-19(18-24)11-17-32(27,28)22-6-2-20(25)3-7-22/h2-9,19H,10-18H2,1H3. The fourth-order valence-electron chi connectivity index (χ4n) is 5.21. The Labute approximate surface area is 195 Å². The lowest BCUT2D eigenvalue weighted by Gasteiger charge is -2.39. The molecule has 0 amide bonds. The molecule has 2 aromatic carbocycles. The molecule has 1 saturated heterocycles. The maximum absolute atomic E-state index is 13.1. The van der Waals surface area contributed by atoms with Gasteiger partial charge in [-0.05, 0) is 98.4 Å². The topological polar surface area (TPSA) is 80.8 Å². The highest BCUT2D eigenvalue weighted by atomic mass is 32.2. The van der Waals surface area contributed by atoms with Crippen LogP contribution < -0.4 is 4.74 Å². The van der Waals surface area contributed by atoms with E-state index in [9.17, 15) is 21.2 Å². The van der Waals surface area contributed by atoms with Gasteiger partial charge >= 0.3 is 0 Å². The number of nitrogens with zero attached hydrogens (tertiary/aromatic N) is 1. The van der Waals surface area contributed by atoms with Crippen LogP contribution >= 0.6 is 0 Å². The fourth-order valence-corrected chi connectivity index (χ4v) is 8.08. The van der Waals surface area contributed by atoms with Gasteiger partial charge in [-0.25, -0.2) is 21.2 Å². The summed E-state index contributed by atoms with van der Waals surface area (Å²) in [5.74, 6) is 0.527. The van der Waals surface area contributed by atoms with Gasteiger partial charge in [0.1, 0.15) is 11.6 Å². The molecule has 0 bridgehead atoms. The minimum atomic E-state index is -3.54.